The molecule has 7 nitrogen and oxygen atoms in total. The monoisotopic (exact) mass is 370 g/mol. The van der Waals surface area contributed by atoms with Gasteiger partial charge in [0.25, 0.3) is 10.1 Å². The molecule has 0 saturated heterocycles. The van der Waals surface area contributed by atoms with Gasteiger partial charge in [0.05, 0.1) is 18.6 Å². The molecule has 0 aliphatic heterocycles. The van der Waals surface area contributed by atoms with Crippen LogP contribution in [0.3, 0.4) is 0 Å². The van der Waals surface area contributed by atoms with Crippen LogP contribution >= 0.6 is 11.3 Å². The number of hydrogen-bond acceptors (Lipinski definition) is 7. The molecular weight excluding hydrogens is 352 g/mol. The summed E-state index contributed by atoms with van der Waals surface area (Å²) in [6, 6.07) is 7.31. The molecule has 0 radical (unpaired) electrons. The summed E-state index contributed by atoms with van der Waals surface area (Å²) >= 11 is 1.34. The van der Waals surface area contributed by atoms with Crippen molar-refractivity contribution in [1.82, 2.24) is 4.98 Å². The lowest BCUT2D eigenvalue weighted by Crippen LogP contribution is -2.06. The molecular formula is C15H18N2O5S2. The molecule has 1 amide bonds. The zero-order valence-corrected chi connectivity index (χ0v) is 14.9. The van der Waals surface area contributed by atoms with E-state index >= 15 is 0 Å². The molecule has 1 aromatic heterocycles. The van der Waals surface area contributed by atoms with E-state index in [-0.39, 0.29) is 12.5 Å². The molecule has 0 aliphatic carbocycles. The molecule has 2 aromatic rings. The van der Waals surface area contributed by atoms with Crippen LogP contribution in [-0.2, 0) is 32.1 Å². The van der Waals surface area contributed by atoms with Crippen molar-refractivity contribution in [3.05, 3.63) is 40.9 Å². The maximum atomic E-state index is 10.9. The second-order valence-corrected chi connectivity index (χ2v) is 7.54. The topological polar surface area (TPSA) is 94.6 Å². The number of thiazole rings is 1. The van der Waals surface area contributed by atoms with Gasteiger partial charge in [-0.05, 0) is 24.1 Å². The van der Waals surface area contributed by atoms with E-state index in [1.54, 1.807) is 12.1 Å². The van der Waals surface area contributed by atoms with Gasteiger partial charge in [-0.25, -0.2) is 4.98 Å². The minimum atomic E-state index is -3.40. The zero-order chi connectivity index (χ0) is 17.6. The fraction of sp³-hybridized carbons (Fsp3) is 0.333. The summed E-state index contributed by atoms with van der Waals surface area (Å²) in [5.74, 6) is 0.518. The summed E-state index contributed by atoms with van der Waals surface area (Å²) in [5.41, 5.74) is 1.68. The molecule has 0 unspecified atom stereocenters. The van der Waals surface area contributed by atoms with E-state index in [0.29, 0.717) is 23.9 Å². The first-order chi connectivity index (χ1) is 11.3. The first-order valence-electron chi connectivity index (χ1n) is 7.10. The van der Waals surface area contributed by atoms with Gasteiger partial charge in [0.1, 0.15) is 12.4 Å². The molecule has 0 saturated carbocycles. The summed E-state index contributed by atoms with van der Waals surface area (Å²) in [6.07, 6.45) is 1.53. The van der Waals surface area contributed by atoms with Crippen LogP contribution in [0.5, 0.6) is 5.75 Å². The average molecular weight is 370 g/mol. The number of amides is 1. The van der Waals surface area contributed by atoms with Crippen LogP contribution in [0, 0.1) is 0 Å². The SMILES string of the molecule is CC(=O)Nc1nc(COc2ccc(CCOS(C)(=O)=O)cc2)cs1. The van der Waals surface area contributed by atoms with Gasteiger partial charge in [-0.1, -0.05) is 12.1 Å². The molecule has 130 valence electrons. The third-order valence-corrected chi connectivity index (χ3v) is 4.23. The number of ether oxygens (including phenoxy) is 1. The van der Waals surface area contributed by atoms with Crippen LogP contribution in [0.25, 0.3) is 0 Å². The highest BCUT2D eigenvalue weighted by atomic mass is 32.2. The Labute approximate surface area is 144 Å². The predicted octanol–water partition coefficient (Wildman–Crippen LogP) is 2.20. The number of carbonyl (C=O) groups is 1. The molecule has 2 rings (SSSR count). The second kappa shape index (κ2) is 8.22. The van der Waals surface area contributed by atoms with Gasteiger partial charge in [0, 0.05) is 12.3 Å². The van der Waals surface area contributed by atoms with Gasteiger partial charge >= 0.3 is 0 Å². The highest BCUT2D eigenvalue weighted by Gasteiger charge is 2.05. The first-order valence-corrected chi connectivity index (χ1v) is 9.79. The molecule has 24 heavy (non-hydrogen) atoms. The van der Waals surface area contributed by atoms with Crippen molar-refractivity contribution in [2.75, 3.05) is 18.2 Å². The summed E-state index contributed by atoms with van der Waals surface area (Å²) in [7, 11) is -3.40. The normalized spacial score (nSPS) is 11.2. The molecule has 0 atom stereocenters. The van der Waals surface area contributed by atoms with Gasteiger partial charge in [-0.2, -0.15) is 8.42 Å². The second-order valence-electron chi connectivity index (χ2n) is 5.03. The number of aromatic nitrogens is 1. The molecule has 0 spiro atoms. The molecule has 1 aromatic carbocycles. The predicted molar refractivity (Wildman–Crippen MR) is 91.7 cm³/mol. The van der Waals surface area contributed by atoms with E-state index in [1.165, 1.54) is 18.3 Å². The molecule has 0 bridgehead atoms. The van der Waals surface area contributed by atoms with Crippen molar-refractivity contribution in [1.29, 1.82) is 0 Å². The molecule has 9 heteroatoms. The van der Waals surface area contributed by atoms with E-state index in [0.717, 1.165) is 17.5 Å². The Hall–Kier alpha value is -1.97. The van der Waals surface area contributed by atoms with Crippen molar-refractivity contribution < 1.29 is 22.1 Å². The summed E-state index contributed by atoms with van der Waals surface area (Å²) in [6.45, 7) is 1.84. The number of nitrogens with one attached hydrogen (secondary N) is 1. The number of hydrogen-bond donors (Lipinski definition) is 1. The number of anilines is 1. The minimum absolute atomic E-state index is 0.115. The fourth-order valence-corrected chi connectivity index (χ4v) is 2.93. The third-order valence-electron chi connectivity index (χ3n) is 2.83. The van der Waals surface area contributed by atoms with Gasteiger partial charge in [-0.15, -0.1) is 11.3 Å². The van der Waals surface area contributed by atoms with E-state index in [2.05, 4.69) is 10.3 Å². The van der Waals surface area contributed by atoms with Crippen molar-refractivity contribution in [3.8, 4) is 5.75 Å². The Bertz CT molecular complexity index is 784. The fourth-order valence-electron chi connectivity index (χ4n) is 1.80. The smallest absolute Gasteiger partial charge is 0.264 e. The van der Waals surface area contributed by atoms with E-state index < -0.39 is 10.1 Å². The van der Waals surface area contributed by atoms with E-state index in [4.69, 9.17) is 8.92 Å². The van der Waals surface area contributed by atoms with Crippen molar-refractivity contribution in [2.24, 2.45) is 0 Å². The zero-order valence-electron chi connectivity index (χ0n) is 13.3. The Morgan fingerprint density at radius 2 is 2.00 bits per heavy atom. The summed E-state index contributed by atoms with van der Waals surface area (Å²) in [4.78, 5) is 15.2. The van der Waals surface area contributed by atoms with Crippen molar-refractivity contribution in [3.63, 3.8) is 0 Å². The number of rotatable bonds is 8. The van der Waals surface area contributed by atoms with Gasteiger partial charge in [-0.3, -0.25) is 8.98 Å². The van der Waals surface area contributed by atoms with Gasteiger partial charge in [0.2, 0.25) is 5.91 Å². The molecule has 0 aliphatic rings. The number of benzene rings is 1. The lowest BCUT2D eigenvalue weighted by Gasteiger charge is -2.06. The van der Waals surface area contributed by atoms with Gasteiger partial charge in [0.15, 0.2) is 5.13 Å². The third kappa shape index (κ3) is 6.65. The highest BCUT2D eigenvalue weighted by Crippen LogP contribution is 2.18. The largest absolute Gasteiger partial charge is 0.487 e. The van der Waals surface area contributed by atoms with E-state index in [1.807, 2.05) is 17.5 Å². The molecule has 0 fully saturated rings. The lowest BCUT2D eigenvalue weighted by atomic mass is 10.1. The Kier molecular flexibility index (Phi) is 6.29. The Balaban J connectivity index is 1.81. The average Bonchev–Trinajstić information content (AvgIpc) is 2.92. The standard InChI is InChI=1S/C15H18N2O5S2/c1-11(18)16-15-17-13(10-23-15)9-21-14-5-3-12(4-6-14)7-8-22-24(2,19)20/h3-6,10H,7-9H2,1-2H3,(H,16,17,18). The molecule has 1 heterocycles. The molecule has 1 N–H and O–H groups in total. The quantitative estimate of drug-likeness (QED) is 0.716. The first kappa shape index (κ1) is 18.4. The maximum absolute atomic E-state index is 10.9. The summed E-state index contributed by atoms with van der Waals surface area (Å²) < 4.78 is 32.1. The van der Waals surface area contributed by atoms with Gasteiger partial charge < -0.3 is 10.1 Å². The minimum Gasteiger partial charge on any atom is -0.487 e. The Morgan fingerprint density at radius 3 is 2.62 bits per heavy atom. The Morgan fingerprint density at radius 1 is 1.29 bits per heavy atom. The van der Waals surface area contributed by atoms with Crippen LogP contribution in [0.2, 0.25) is 0 Å². The maximum Gasteiger partial charge on any atom is 0.264 e. The van der Waals surface area contributed by atoms with Crippen molar-refractivity contribution in [2.45, 2.75) is 20.0 Å². The van der Waals surface area contributed by atoms with Crippen LogP contribution < -0.4 is 10.1 Å². The number of nitrogens with zero attached hydrogens (tertiary/aromatic N) is 1. The van der Waals surface area contributed by atoms with Crippen LogP contribution in [-0.4, -0.2) is 32.2 Å². The number of carbonyl (C=O) groups excluding carboxylic acids is 1. The van der Waals surface area contributed by atoms with Crippen LogP contribution in [0.1, 0.15) is 18.2 Å². The van der Waals surface area contributed by atoms with Crippen LogP contribution in [0.4, 0.5) is 5.13 Å². The summed E-state index contributed by atoms with van der Waals surface area (Å²) in [5, 5.41) is 4.98. The lowest BCUT2D eigenvalue weighted by molar-refractivity contribution is -0.114. The van der Waals surface area contributed by atoms with E-state index in [9.17, 15) is 13.2 Å². The van der Waals surface area contributed by atoms with Crippen molar-refractivity contribution >= 4 is 32.5 Å². The highest BCUT2D eigenvalue weighted by molar-refractivity contribution is 7.85. The van der Waals surface area contributed by atoms with Crippen LogP contribution in [0.15, 0.2) is 29.6 Å².